The highest BCUT2D eigenvalue weighted by Gasteiger charge is 2.41. The van der Waals surface area contributed by atoms with Crippen molar-refractivity contribution in [3.8, 4) is 0 Å². The maximum Gasteiger partial charge on any atom is 0.314 e. The summed E-state index contributed by atoms with van der Waals surface area (Å²) in [7, 11) is 1.72. The number of rotatable bonds is 4. The summed E-state index contributed by atoms with van der Waals surface area (Å²) in [5.41, 5.74) is 1.81. The molecule has 0 saturated heterocycles. The van der Waals surface area contributed by atoms with E-state index < -0.39 is 11.8 Å². The molecule has 3 atom stereocenters. The summed E-state index contributed by atoms with van der Waals surface area (Å²) in [6.07, 6.45) is 1.06. The molecule has 0 radical (unpaired) electrons. The maximum absolute atomic E-state index is 12.3. The van der Waals surface area contributed by atoms with Crippen LogP contribution < -0.4 is 10.6 Å². The predicted molar refractivity (Wildman–Crippen MR) is 91.2 cm³/mol. The Hall–Kier alpha value is -2.63. The van der Waals surface area contributed by atoms with E-state index in [-0.39, 0.29) is 6.04 Å². The van der Waals surface area contributed by atoms with Crippen molar-refractivity contribution in [1.29, 1.82) is 0 Å². The minimum atomic E-state index is -0.674. The molecule has 24 heavy (non-hydrogen) atoms. The third-order valence-corrected chi connectivity index (χ3v) is 4.49. The first kappa shape index (κ1) is 16.2. The van der Waals surface area contributed by atoms with Gasteiger partial charge < -0.3 is 10.6 Å². The third-order valence-electron chi connectivity index (χ3n) is 4.49. The minimum absolute atomic E-state index is 0.132. The van der Waals surface area contributed by atoms with Gasteiger partial charge in [0.05, 0.1) is 11.7 Å². The van der Waals surface area contributed by atoms with E-state index in [1.807, 2.05) is 37.3 Å². The summed E-state index contributed by atoms with van der Waals surface area (Å²) in [5, 5.41) is 9.65. The van der Waals surface area contributed by atoms with Crippen molar-refractivity contribution < 1.29 is 9.59 Å². The fraction of sp³-hybridized carbons (Fsp3) is 0.389. The van der Waals surface area contributed by atoms with Crippen LogP contribution in [-0.2, 0) is 16.6 Å². The largest absolute Gasteiger partial charge is 0.341 e. The van der Waals surface area contributed by atoms with E-state index in [4.69, 9.17) is 0 Å². The molecule has 0 aliphatic heterocycles. The number of aryl methyl sites for hydroxylation is 2. The number of hydrogen-bond acceptors (Lipinski definition) is 3. The highest BCUT2D eigenvalue weighted by atomic mass is 16.2. The SMILES string of the molecule is Cc1cc(NC(=O)C(=O)N[C@H](c2ccccc2)[C@@H]2C[C@H]2C)n(C)n1. The number of carbonyl (C=O) groups excluding carboxylic acids is 2. The van der Waals surface area contributed by atoms with Crippen LogP contribution in [0.3, 0.4) is 0 Å². The molecule has 1 fully saturated rings. The summed E-state index contributed by atoms with van der Waals surface area (Å²) in [5.74, 6) is 0.138. The van der Waals surface area contributed by atoms with E-state index in [1.165, 1.54) is 4.68 Å². The van der Waals surface area contributed by atoms with Gasteiger partial charge >= 0.3 is 11.8 Å². The first-order valence-corrected chi connectivity index (χ1v) is 8.13. The Labute approximate surface area is 141 Å². The second-order valence-electron chi connectivity index (χ2n) is 6.49. The topological polar surface area (TPSA) is 76.0 Å². The van der Waals surface area contributed by atoms with Crippen LogP contribution in [0.25, 0.3) is 0 Å². The second-order valence-corrected chi connectivity index (χ2v) is 6.49. The zero-order chi connectivity index (χ0) is 17.3. The van der Waals surface area contributed by atoms with Crippen molar-refractivity contribution in [3.63, 3.8) is 0 Å². The molecule has 2 amide bonds. The molecule has 126 valence electrons. The van der Waals surface area contributed by atoms with Gasteiger partial charge in [-0.3, -0.25) is 14.3 Å². The van der Waals surface area contributed by atoms with Crippen LogP contribution >= 0.6 is 0 Å². The fourth-order valence-electron chi connectivity index (χ4n) is 3.02. The van der Waals surface area contributed by atoms with Crippen molar-refractivity contribution >= 4 is 17.6 Å². The molecule has 2 aromatic rings. The van der Waals surface area contributed by atoms with Crippen LogP contribution in [0.15, 0.2) is 36.4 Å². The Morgan fingerprint density at radius 1 is 1.25 bits per heavy atom. The van der Waals surface area contributed by atoms with E-state index in [2.05, 4.69) is 22.7 Å². The van der Waals surface area contributed by atoms with Crippen molar-refractivity contribution in [1.82, 2.24) is 15.1 Å². The van der Waals surface area contributed by atoms with Gasteiger partial charge in [-0.1, -0.05) is 37.3 Å². The molecule has 2 N–H and O–H groups in total. The van der Waals surface area contributed by atoms with Gasteiger partial charge in [-0.2, -0.15) is 5.10 Å². The number of nitrogens with zero attached hydrogens (tertiary/aromatic N) is 2. The first-order chi connectivity index (χ1) is 11.5. The number of anilines is 1. The van der Waals surface area contributed by atoms with Gasteiger partial charge in [-0.15, -0.1) is 0 Å². The lowest BCUT2D eigenvalue weighted by molar-refractivity contribution is -0.136. The zero-order valence-electron chi connectivity index (χ0n) is 14.1. The number of amides is 2. The van der Waals surface area contributed by atoms with Gasteiger partial charge in [0.2, 0.25) is 0 Å². The normalized spacial score (nSPS) is 20.3. The van der Waals surface area contributed by atoms with Crippen LogP contribution in [-0.4, -0.2) is 21.6 Å². The molecule has 1 saturated carbocycles. The monoisotopic (exact) mass is 326 g/mol. The fourth-order valence-corrected chi connectivity index (χ4v) is 3.02. The van der Waals surface area contributed by atoms with Crippen molar-refractivity contribution in [2.45, 2.75) is 26.3 Å². The van der Waals surface area contributed by atoms with Crippen LogP contribution in [0, 0.1) is 18.8 Å². The standard InChI is InChI=1S/C18H22N4O2/c1-11-9-14(11)16(13-7-5-4-6-8-13)20-18(24)17(23)19-15-10-12(2)21-22(15)3/h4-8,10-11,14,16H,9H2,1-3H3,(H,19,23)(H,20,24)/t11-,14-,16-/m1/s1. The van der Waals surface area contributed by atoms with Crippen LogP contribution in [0.4, 0.5) is 5.82 Å². The lowest BCUT2D eigenvalue weighted by Crippen LogP contribution is -2.39. The summed E-state index contributed by atoms with van der Waals surface area (Å²) in [6, 6.07) is 11.4. The van der Waals surface area contributed by atoms with Gasteiger partial charge in [0.25, 0.3) is 0 Å². The van der Waals surface area contributed by atoms with Gasteiger partial charge in [0.1, 0.15) is 5.82 Å². The van der Waals surface area contributed by atoms with Crippen molar-refractivity contribution in [3.05, 3.63) is 47.7 Å². The maximum atomic E-state index is 12.3. The van der Waals surface area contributed by atoms with E-state index in [1.54, 1.807) is 13.1 Å². The zero-order valence-corrected chi connectivity index (χ0v) is 14.1. The molecule has 3 rings (SSSR count). The number of nitrogens with one attached hydrogen (secondary N) is 2. The Bertz CT molecular complexity index is 754. The van der Waals surface area contributed by atoms with Crippen LogP contribution in [0.1, 0.15) is 30.6 Å². The molecule has 1 aromatic heterocycles. The highest BCUT2D eigenvalue weighted by molar-refractivity contribution is 6.39. The summed E-state index contributed by atoms with van der Waals surface area (Å²) < 4.78 is 1.54. The Morgan fingerprint density at radius 3 is 2.46 bits per heavy atom. The van der Waals surface area contributed by atoms with Crippen molar-refractivity contribution in [2.75, 3.05) is 5.32 Å². The van der Waals surface area contributed by atoms with E-state index in [0.717, 1.165) is 17.7 Å². The number of aromatic nitrogens is 2. The molecule has 1 heterocycles. The van der Waals surface area contributed by atoms with E-state index >= 15 is 0 Å². The van der Waals surface area contributed by atoms with E-state index in [9.17, 15) is 9.59 Å². The molecule has 0 unspecified atom stereocenters. The molecular weight excluding hydrogens is 304 g/mol. The van der Waals surface area contributed by atoms with Gasteiger partial charge in [0, 0.05) is 13.1 Å². The number of carbonyl (C=O) groups is 2. The molecule has 0 bridgehead atoms. The molecule has 6 nitrogen and oxygen atoms in total. The molecule has 0 spiro atoms. The van der Waals surface area contributed by atoms with Gasteiger partial charge in [0.15, 0.2) is 0 Å². The van der Waals surface area contributed by atoms with Crippen LogP contribution in [0.5, 0.6) is 0 Å². The van der Waals surface area contributed by atoms with Crippen LogP contribution in [0.2, 0.25) is 0 Å². The lowest BCUT2D eigenvalue weighted by atomic mass is 10.0. The van der Waals surface area contributed by atoms with Gasteiger partial charge in [-0.05, 0) is 30.7 Å². The molecular formula is C18H22N4O2. The highest BCUT2D eigenvalue weighted by Crippen LogP contribution is 2.46. The summed E-state index contributed by atoms with van der Waals surface area (Å²) in [4.78, 5) is 24.5. The predicted octanol–water partition coefficient (Wildman–Crippen LogP) is 2.18. The summed E-state index contributed by atoms with van der Waals surface area (Å²) >= 11 is 0. The second kappa shape index (κ2) is 6.47. The molecule has 6 heteroatoms. The Balaban J connectivity index is 1.69. The first-order valence-electron chi connectivity index (χ1n) is 8.13. The average Bonchev–Trinajstić information content (AvgIpc) is 3.19. The quantitative estimate of drug-likeness (QED) is 0.846. The lowest BCUT2D eigenvalue weighted by Gasteiger charge is -2.19. The molecule has 1 aliphatic rings. The van der Waals surface area contributed by atoms with Gasteiger partial charge in [-0.25, -0.2) is 0 Å². The Kier molecular flexibility index (Phi) is 4.38. The average molecular weight is 326 g/mol. The summed E-state index contributed by atoms with van der Waals surface area (Å²) in [6.45, 7) is 3.99. The molecule has 1 aliphatic carbocycles. The van der Waals surface area contributed by atoms with E-state index in [0.29, 0.717) is 17.7 Å². The number of hydrogen-bond donors (Lipinski definition) is 2. The third kappa shape index (κ3) is 3.48. The van der Waals surface area contributed by atoms with Crippen molar-refractivity contribution in [2.24, 2.45) is 18.9 Å². The minimum Gasteiger partial charge on any atom is -0.341 e. The number of benzene rings is 1. The molecule has 1 aromatic carbocycles. The Morgan fingerprint density at radius 2 is 1.92 bits per heavy atom. The smallest absolute Gasteiger partial charge is 0.314 e.